The van der Waals surface area contributed by atoms with Gasteiger partial charge in [-0.05, 0) is 51.5 Å². The highest BCUT2D eigenvalue weighted by Crippen LogP contribution is 2.20. The lowest BCUT2D eigenvalue weighted by molar-refractivity contribution is -0.153. The molecule has 0 radical (unpaired) electrons. The maximum atomic E-state index is 11.9. The van der Waals surface area contributed by atoms with Gasteiger partial charge in [0.15, 0.2) is 0 Å². The van der Waals surface area contributed by atoms with Crippen LogP contribution < -0.4 is 4.74 Å². The van der Waals surface area contributed by atoms with Gasteiger partial charge >= 0.3 is 5.97 Å². The Hall–Kier alpha value is -2.10. The molecular formula is C17H21NO3. The van der Waals surface area contributed by atoms with Crippen molar-refractivity contribution in [3.05, 3.63) is 36.0 Å². The molecule has 0 spiro atoms. The summed E-state index contributed by atoms with van der Waals surface area (Å²) in [7, 11) is 0. The van der Waals surface area contributed by atoms with Crippen molar-refractivity contribution < 1.29 is 14.3 Å². The highest BCUT2D eigenvalue weighted by molar-refractivity contribution is 5.82. The minimum Gasteiger partial charge on any atom is -0.492 e. The van der Waals surface area contributed by atoms with E-state index in [9.17, 15) is 4.79 Å². The van der Waals surface area contributed by atoms with Crippen LogP contribution in [0.4, 0.5) is 0 Å². The molecule has 1 aromatic heterocycles. The number of fused-ring (bicyclic) bond motifs is 1. The smallest absolute Gasteiger partial charge is 0.310 e. The Bertz CT molecular complexity index is 644. The van der Waals surface area contributed by atoms with Crippen molar-refractivity contribution in [1.29, 1.82) is 0 Å². The molecule has 21 heavy (non-hydrogen) atoms. The van der Waals surface area contributed by atoms with Gasteiger partial charge in [-0.2, -0.15) is 0 Å². The van der Waals surface area contributed by atoms with E-state index in [0.717, 1.165) is 22.2 Å². The molecule has 0 fully saturated rings. The Morgan fingerprint density at radius 3 is 2.67 bits per heavy atom. The quantitative estimate of drug-likeness (QED) is 0.807. The molecule has 1 heterocycles. The summed E-state index contributed by atoms with van der Waals surface area (Å²) in [5.41, 5.74) is 1.33. The number of pyridine rings is 1. The molecule has 0 aliphatic carbocycles. The SMILES string of the molecule is CCOc1cnc2ccc(CC(=O)OC(C)(C)C)cc2c1. The molecule has 0 atom stereocenters. The van der Waals surface area contributed by atoms with Crippen LogP contribution in [0.2, 0.25) is 0 Å². The molecule has 0 bridgehead atoms. The summed E-state index contributed by atoms with van der Waals surface area (Å²) in [5.74, 6) is 0.509. The molecule has 112 valence electrons. The summed E-state index contributed by atoms with van der Waals surface area (Å²) in [6.45, 7) is 8.13. The summed E-state index contributed by atoms with van der Waals surface area (Å²) in [6.07, 6.45) is 1.96. The lowest BCUT2D eigenvalue weighted by Gasteiger charge is -2.19. The molecule has 2 rings (SSSR count). The van der Waals surface area contributed by atoms with E-state index in [1.165, 1.54) is 0 Å². The summed E-state index contributed by atoms with van der Waals surface area (Å²) in [5, 5.41) is 0.960. The van der Waals surface area contributed by atoms with Gasteiger partial charge in [0.2, 0.25) is 0 Å². The van der Waals surface area contributed by atoms with Gasteiger partial charge in [0.05, 0.1) is 24.7 Å². The van der Waals surface area contributed by atoms with Gasteiger partial charge in [-0.15, -0.1) is 0 Å². The average Bonchev–Trinajstić information content (AvgIpc) is 2.36. The van der Waals surface area contributed by atoms with E-state index in [2.05, 4.69) is 4.98 Å². The van der Waals surface area contributed by atoms with Crippen molar-refractivity contribution in [1.82, 2.24) is 4.98 Å². The highest BCUT2D eigenvalue weighted by Gasteiger charge is 2.16. The summed E-state index contributed by atoms with van der Waals surface area (Å²) in [6, 6.07) is 7.70. The standard InChI is InChI=1S/C17H21NO3/c1-5-20-14-10-13-8-12(6-7-15(13)18-11-14)9-16(19)21-17(2,3)4/h6-8,10-11H,5,9H2,1-4H3. The second-order valence-electron chi connectivity index (χ2n) is 5.89. The lowest BCUT2D eigenvalue weighted by Crippen LogP contribution is -2.24. The zero-order chi connectivity index (χ0) is 15.5. The third kappa shape index (κ3) is 4.45. The Morgan fingerprint density at radius 2 is 2.00 bits per heavy atom. The zero-order valence-corrected chi connectivity index (χ0v) is 13.0. The van der Waals surface area contributed by atoms with E-state index in [1.807, 2.05) is 52.0 Å². The highest BCUT2D eigenvalue weighted by atomic mass is 16.6. The minimum absolute atomic E-state index is 0.226. The van der Waals surface area contributed by atoms with Crippen molar-refractivity contribution in [2.24, 2.45) is 0 Å². The average molecular weight is 287 g/mol. The van der Waals surface area contributed by atoms with E-state index in [4.69, 9.17) is 9.47 Å². The van der Waals surface area contributed by atoms with Crippen molar-refractivity contribution in [2.75, 3.05) is 6.61 Å². The molecule has 0 aliphatic heterocycles. The van der Waals surface area contributed by atoms with E-state index in [-0.39, 0.29) is 12.4 Å². The van der Waals surface area contributed by atoms with Crippen LogP contribution in [0, 0.1) is 0 Å². The van der Waals surface area contributed by atoms with E-state index in [1.54, 1.807) is 6.20 Å². The van der Waals surface area contributed by atoms with Crippen molar-refractivity contribution in [2.45, 2.75) is 39.7 Å². The Balaban J connectivity index is 2.19. The number of ether oxygens (including phenoxy) is 2. The molecule has 4 nitrogen and oxygen atoms in total. The topological polar surface area (TPSA) is 48.4 Å². The van der Waals surface area contributed by atoms with Crippen LogP contribution in [0.3, 0.4) is 0 Å². The fourth-order valence-electron chi connectivity index (χ4n) is 2.06. The number of hydrogen-bond acceptors (Lipinski definition) is 4. The second-order valence-corrected chi connectivity index (χ2v) is 5.89. The fourth-order valence-corrected chi connectivity index (χ4v) is 2.06. The molecular weight excluding hydrogens is 266 g/mol. The number of aromatic nitrogens is 1. The molecule has 0 unspecified atom stereocenters. The zero-order valence-electron chi connectivity index (χ0n) is 13.0. The first-order chi connectivity index (χ1) is 9.87. The third-order valence-corrected chi connectivity index (χ3v) is 2.80. The van der Waals surface area contributed by atoms with Crippen LogP contribution in [0.5, 0.6) is 5.75 Å². The number of carbonyl (C=O) groups is 1. The predicted molar refractivity (Wildman–Crippen MR) is 82.5 cm³/mol. The maximum Gasteiger partial charge on any atom is 0.310 e. The number of nitrogens with zero attached hydrogens (tertiary/aromatic N) is 1. The van der Waals surface area contributed by atoms with Crippen molar-refractivity contribution in [3.63, 3.8) is 0 Å². The monoisotopic (exact) mass is 287 g/mol. The number of carbonyl (C=O) groups excluding carboxylic acids is 1. The Labute approximate surface area is 125 Å². The van der Waals surface area contributed by atoms with Crippen molar-refractivity contribution in [3.8, 4) is 5.75 Å². The molecule has 0 N–H and O–H groups in total. The second kappa shape index (κ2) is 6.12. The third-order valence-electron chi connectivity index (χ3n) is 2.80. The van der Waals surface area contributed by atoms with Crippen LogP contribution in [0.25, 0.3) is 10.9 Å². The normalized spacial score (nSPS) is 11.4. The van der Waals surface area contributed by atoms with Crippen LogP contribution in [-0.4, -0.2) is 23.2 Å². The van der Waals surface area contributed by atoms with Gasteiger partial charge in [0.1, 0.15) is 11.4 Å². The first kappa shape index (κ1) is 15.3. The first-order valence-electron chi connectivity index (χ1n) is 7.11. The van der Waals surface area contributed by atoms with Gasteiger partial charge in [-0.1, -0.05) is 6.07 Å². The van der Waals surface area contributed by atoms with E-state index < -0.39 is 5.60 Å². The number of rotatable bonds is 4. The number of esters is 1. The van der Waals surface area contributed by atoms with E-state index >= 15 is 0 Å². The molecule has 2 aromatic rings. The van der Waals surface area contributed by atoms with Crippen LogP contribution in [0.15, 0.2) is 30.5 Å². The molecule has 0 saturated carbocycles. The Kier molecular flexibility index (Phi) is 4.46. The summed E-state index contributed by atoms with van der Waals surface area (Å²) < 4.78 is 10.8. The van der Waals surface area contributed by atoms with Crippen LogP contribution in [-0.2, 0) is 16.0 Å². The van der Waals surface area contributed by atoms with Crippen molar-refractivity contribution >= 4 is 16.9 Å². The van der Waals surface area contributed by atoms with Crippen LogP contribution in [0.1, 0.15) is 33.3 Å². The van der Waals surface area contributed by atoms with Gasteiger partial charge in [-0.25, -0.2) is 0 Å². The molecule has 4 heteroatoms. The molecule has 1 aromatic carbocycles. The summed E-state index contributed by atoms with van der Waals surface area (Å²) in [4.78, 5) is 16.2. The van der Waals surface area contributed by atoms with E-state index in [0.29, 0.717) is 6.61 Å². The Morgan fingerprint density at radius 1 is 1.24 bits per heavy atom. The van der Waals surface area contributed by atoms with Gasteiger partial charge in [0, 0.05) is 5.39 Å². The minimum atomic E-state index is -0.461. The summed E-state index contributed by atoms with van der Waals surface area (Å²) >= 11 is 0. The fraction of sp³-hybridized carbons (Fsp3) is 0.412. The first-order valence-corrected chi connectivity index (χ1v) is 7.11. The van der Waals surface area contributed by atoms with Gasteiger partial charge in [0.25, 0.3) is 0 Å². The number of hydrogen-bond donors (Lipinski definition) is 0. The molecule has 0 saturated heterocycles. The van der Waals surface area contributed by atoms with Crippen LogP contribution >= 0.6 is 0 Å². The lowest BCUT2D eigenvalue weighted by atomic mass is 10.1. The predicted octanol–water partition coefficient (Wildman–Crippen LogP) is 3.52. The van der Waals surface area contributed by atoms with Gasteiger partial charge < -0.3 is 9.47 Å². The maximum absolute atomic E-state index is 11.9. The van der Waals surface area contributed by atoms with Gasteiger partial charge in [-0.3, -0.25) is 9.78 Å². The number of benzene rings is 1. The molecule has 0 aliphatic rings. The molecule has 0 amide bonds. The largest absolute Gasteiger partial charge is 0.492 e.